The van der Waals surface area contributed by atoms with Crippen LogP contribution in [0.25, 0.3) is 0 Å². The van der Waals surface area contributed by atoms with Crippen LogP contribution in [0.15, 0.2) is 24.4 Å². The van der Waals surface area contributed by atoms with Crippen molar-refractivity contribution in [2.75, 3.05) is 43.5 Å². The molecule has 1 aliphatic heterocycles. The minimum Gasteiger partial charge on any atom is -0.491 e. The molecule has 0 spiro atoms. The van der Waals surface area contributed by atoms with Crippen molar-refractivity contribution in [1.82, 2.24) is 15.3 Å². The standard InChI is InChI=1S/C17H21Cl2N5O.ClH/c1-11(13-4-3-12(18)9-14(13)19)22-16-15(25-2)10-21-17(23-16)24-7-5-20-6-8-24;/h3-4,9-11,20H,5-8H2,1-2H3,(H,21,22,23);1H. The average Bonchev–Trinajstić information content (AvgIpc) is 2.62. The lowest BCUT2D eigenvalue weighted by atomic mass is 10.1. The molecule has 1 atom stereocenters. The lowest BCUT2D eigenvalue weighted by Gasteiger charge is -2.28. The van der Waals surface area contributed by atoms with E-state index in [0.717, 1.165) is 31.7 Å². The van der Waals surface area contributed by atoms with Gasteiger partial charge in [-0.15, -0.1) is 12.4 Å². The van der Waals surface area contributed by atoms with E-state index in [1.165, 1.54) is 0 Å². The van der Waals surface area contributed by atoms with E-state index < -0.39 is 0 Å². The van der Waals surface area contributed by atoms with E-state index in [4.69, 9.17) is 27.9 Å². The van der Waals surface area contributed by atoms with E-state index >= 15 is 0 Å². The molecule has 1 unspecified atom stereocenters. The third kappa shape index (κ3) is 4.82. The summed E-state index contributed by atoms with van der Waals surface area (Å²) in [6.07, 6.45) is 1.70. The van der Waals surface area contributed by atoms with Gasteiger partial charge in [-0.2, -0.15) is 4.98 Å². The highest BCUT2D eigenvalue weighted by atomic mass is 35.5. The first-order valence-corrected chi connectivity index (χ1v) is 8.92. The van der Waals surface area contributed by atoms with Crippen molar-refractivity contribution in [1.29, 1.82) is 0 Å². The normalized spacial score (nSPS) is 15.2. The maximum Gasteiger partial charge on any atom is 0.227 e. The van der Waals surface area contributed by atoms with Gasteiger partial charge >= 0.3 is 0 Å². The first-order chi connectivity index (χ1) is 12.1. The molecule has 2 aromatic rings. The van der Waals surface area contributed by atoms with Crippen LogP contribution >= 0.6 is 35.6 Å². The van der Waals surface area contributed by atoms with Crippen LogP contribution in [0.4, 0.5) is 11.8 Å². The van der Waals surface area contributed by atoms with Crippen LogP contribution in [0.1, 0.15) is 18.5 Å². The maximum atomic E-state index is 6.31. The summed E-state index contributed by atoms with van der Waals surface area (Å²) in [4.78, 5) is 11.2. The summed E-state index contributed by atoms with van der Waals surface area (Å²) in [5.41, 5.74) is 0.940. The Labute approximate surface area is 169 Å². The van der Waals surface area contributed by atoms with Crippen LogP contribution in [-0.4, -0.2) is 43.3 Å². The van der Waals surface area contributed by atoms with Crippen LogP contribution in [0.2, 0.25) is 10.0 Å². The maximum absolute atomic E-state index is 6.31. The topological polar surface area (TPSA) is 62.3 Å². The quantitative estimate of drug-likeness (QED) is 0.770. The number of nitrogens with zero attached hydrogens (tertiary/aromatic N) is 3. The van der Waals surface area contributed by atoms with Gasteiger partial charge in [0.15, 0.2) is 11.6 Å². The summed E-state index contributed by atoms with van der Waals surface area (Å²) in [6.45, 7) is 5.62. The minimum atomic E-state index is -0.0653. The minimum absolute atomic E-state index is 0. The molecule has 142 valence electrons. The van der Waals surface area contributed by atoms with Crippen molar-refractivity contribution in [3.05, 3.63) is 40.0 Å². The van der Waals surface area contributed by atoms with Crippen molar-refractivity contribution in [2.24, 2.45) is 0 Å². The molecular formula is C17H22Cl3N5O. The Morgan fingerprint density at radius 2 is 2.00 bits per heavy atom. The largest absolute Gasteiger partial charge is 0.491 e. The smallest absolute Gasteiger partial charge is 0.227 e. The Morgan fingerprint density at radius 3 is 2.65 bits per heavy atom. The second-order valence-corrected chi connectivity index (χ2v) is 6.70. The first-order valence-electron chi connectivity index (χ1n) is 8.16. The number of anilines is 2. The number of rotatable bonds is 5. The Morgan fingerprint density at radius 1 is 1.27 bits per heavy atom. The van der Waals surface area contributed by atoms with Gasteiger partial charge in [0.2, 0.25) is 5.95 Å². The molecule has 0 bridgehead atoms. The Balaban J connectivity index is 0.00000243. The van der Waals surface area contributed by atoms with Gasteiger partial charge in [0, 0.05) is 36.2 Å². The number of piperazine rings is 1. The number of hydrogen-bond acceptors (Lipinski definition) is 6. The molecule has 3 rings (SSSR count). The van der Waals surface area contributed by atoms with Gasteiger partial charge in [0.05, 0.1) is 19.3 Å². The SMILES string of the molecule is COc1cnc(N2CCNCC2)nc1NC(C)c1ccc(Cl)cc1Cl.Cl. The van der Waals surface area contributed by atoms with Gasteiger partial charge in [-0.3, -0.25) is 0 Å². The number of hydrogen-bond donors (Lipinski definition) is 2. The number of nitrogens with one attached hydrogen (secondary N) is 2. The zero-order valence-corrected chi connectivity index (χ0v) is 17.0. The molecule has 2 N–H and O–H groups in total. The third-order valence-electron chi connectivity index (χ3n) is 4.14. The molecule has 1 fully saturated rings. The summed E-state index contributed by atoms with van der Waals surface area (Å²) >= 11 is 12.3. The van der Waals surface area contributed by atoms with Crippen molar-refractivity contribution >= 4 is 47.4 Å². The summed E-state index contributed by atoms with van der Waals surface area (Å²) in [5, 5.41) is 7.92. The highest BCUT2D eigenvalue weighted by Crippen LogP contribution is 2.31. The Hall–Kier alpha value is -1.47. The van der Waals surface area contributed by atoms with Gasteiger partial charge < -0.3 is 20.3 Å². The van der Waals surface area contributed by atoms with Crippen molar-refractivity contribution < 1.29 is 4.74 Å². The molecule has 26 heavy (non-hydrogen) atoms. The van der Waals surface area contributed by atoms with E-state index in [9.17, 15) is 0 Å². The fraction of sp³-hybridized carbons (Fsp3) is 0.412. The van der Waals surface area contributed by atoms with Gasteiger partial charge in [-0.25, -0.2) is 4.98 Å². The average molecular weight is 419 g/mol. The Kier molecular flexibility index (Phi) is 7.58. The molecular weight excluding hydrogens is 397 g/mol. The number of methoxy groups -OCH3 is 1. The van der Waals surface area contributed by atoms with Crippen LogP contribution in [0.3, 0.4) is 0 Å². The second kappa shape index (κ2) is 9.46. The van der Waals surface area contributed by atoms with E-state index in [-0.39, 0.29) is 18.4 Å². The summed E-state index contributed by atoms with van der Waals surface area (Å²) in [6, 6.07) is 5.40. The van der Waals surface area contributed by atoms with Gasteiger partial charge in [-0.05, 0) is 24.6 Å². The molecule has 1 aromatic carbocycles. The van der Waals surface area contributed by atoms with Gasteiger partial charge in [0.1, 0.15) is 0 Å². The zero-order valence-electron chi connectivity index (χ0n) is 14.6. The number of aromatic nitrogens is 2. The fourth-order valence-electron chi connectivity index (χ4n) is 2.77. The second-order valence-electron chi connectivity index (χ2n) is 5.86. The molecule has 1 saturated heterocycles. The predicted octanol–water partition coefficient (Wildman–Crippen LogP) is 3.80. The third-order valence-corrected chi connectivity index (χ3v) is 4.71. The summed E-state index contributed by atoms with van der Waals surface area (Å²) in [7, 11) is 1.61. The molecule has 0 saturated carbocycles. The van der Waals surface area contributed by atoms with E-state index in [0.29, 0.717) is 27.6 Å². The molecule has 1 aromatic heterocycles. The van der Waals surface area contributed by atoms with Gasteiger partial charge in [-0.1, -0.05) is 29.3 Å². The first kappa shape index (κ1) is 20.8. The van der Waals surface area contributed by atoms with Crippen LogP contribution in [0.5, 0.6) is 5.75 Å². The molecule has 0 aliphatic carbocycles. The molecule has 1 aliphatic rings. The Bertz CT molecular complexity index is 740. The van der Waals surface area contributed by atoms with E-state index in [1.807, 2.05) is 19.1 Å². The number of benzene rings is 1. The molecule has 0 amide bonds. The van der Waals surface area contributed by atoms with Crippen molar-refractivity contribution in [3.63, 3.8) is 0 Å². The number of ether oxygens (including phenoxy) is 1. The van der Waals surface area contributed by atoms with Crippen LogP contribution < -0.4 is 20.3 Å². The summed E-state index contributed by atoms with van der Waals surface area (Å²) < 4.78 is 5.40. The highest BCUT2D eigenvalue weighted by molar-refractivity contribution is 6.35. The molecule has 0 radical (unpaired) electrons. The monoisotopic (exact) mass is 417 g/mol. The van der Waals surface area contributed by atoms with Crippen molar-refractivity contribution in [2.45, 2.75) is 13.0 Å². The fourth-order valence-corrected chi connectivity index (χ4v) is 3.34. The number of halogens is 3. The van der Waals surface area contributed by atoms with Crippen LogP contribution in [-0.2, 0) is 0 Å². The lowest BCUT2D eigenvalue weighted by Crippen LogP contribution is -2.44. The summed E-state index contributed by atoms with van der Waals surface area (Å²) in [5.74, 6) is 1.93. The molecule has 9 heteroatoms. The molecule has 6 nitrogen and oxygen atoms in total. The lowest BCUT2D eigenvalue weighted by molar-refractivity contribution is 0.412. The molecule has 2 heterocycles. The van der Waals surface area contributed by atoms with Crippen LogP contribution in [0, 0.1) is 0 Å². The predicted molar refractivity (Wildman–Crippen MR) is 109 cm³/mol. The highest BCUT2D eigenvalue weighted by Gasteiger charge is 2.18. The van der Waals surface area contributed by atoms with Crippen molar-refractivity contribution in [3.8, 4) is 5.75 Å². The van der Waals surface area contributed by atoms with E-state index in [1.54, 1.807) is 19.4 Å². The van der Waals surface area contributed by atoms with E-state index in [2.05, 4.69) is 25.5 Å². The zero-order chi connectivity index (χ0) is 17.8. The van der Waals surface area contributed by atoms with Gasteiger partial charge in [0.25, 0.3) is 0 Å².